The minimum absolute atomic E-state index is 0.146. The van der Waals surface area contributed by atoms with Crippen molar-refractivity contribution in [2.75, 3.05) is 0 Å². The smallest absolute Gasteiger partial charge is 0.256 e. The van der Waals surface area contributed by atoms with Crippen molar-refractivity contribution in [1.29, 1.82) is 0 Å². The van der Waals surface area contributed by atoms with E-state index in [0.717, 1.165) is 6.42 Å². The summed E-state index contributed by atoms with van der Waals surface area (Å²) in [4.78, 5) is 24.4. The number of rotatable bonds is 4. The average molecular weight is 320 g/mol. The summed E-state index contributed by atoms with van der Waals surface area (Å²) in [6.45, 7) is 0. The highest BCUT2D eigenvalue weighted by molar-refractivity contribution is 5.94. The number of carbonyl (C=O) groups excluding carboxylic acids is 1. The van der Waals surface area contributed by atoms with E-state index in [4.69, 9.17) is 0 Å². The predicted octanol–water partition coefficient (Wildman–Crippen LogP) is 1.85. The molecule has 0 unspecified atom stereocenters. The Kier molecular flexibility index (Phi) is 3.49. The van der Waals surface area contributed by atoms with E-state index in [-0.39, 0.29) is 17.5 Å². The predicted molar refractivity (Wildman–Crippen MR) is 89.2 cm³/mol. The monoisotopic (exact) mass is 320 g/mol. The Morgan fingerprint density at radius 1 is 1.17 bits per heavy atom. The van der Waals surface area contributed by atoms with Gasteiger partial charge in [-0.15, -0.1) is 0 Å². The number of aromatic nitrogens is 3. The molecule has 1 amide bonds. The maximum absolute atomic E-state index is 12.5. The topological polar surface area (TPSA) is 79.8 Å². The average Bonchev–Trinajstić information content (AvgIpc) is 3.16. The molecule has 120 valence electrons. The first kappa shape index (κ1) is 14.4. The molecule has 4 rings (SSSR count). The third kappa shape index (κ3) is 2.74. The molecule has 0 radical (unpaired) electrons. The van der Waals surface area contributed by atoms with Gasteiger partial charge in [-0.3, -0.25) is 19.3 Å². The first-order chi connectivity index (χ1) is 11.7. The zero-order chi connectivity index (χ0) is 16.5. The molecule has 0 bridgehead atoms. The molecule has 0 aliphatic heterocycles. The fourth-order valence-electron chi connectivity index (χ4n) is 2.87. The second kappa shape index (κ2) is 5.81. The molecule has 1 aromatic carbocycles. The van der Waals surface area contributed by atoms with E-state index in [2.05, 4.69) is 27.6 Å². The largest absolute Gasteiger partial charge is 0.349 e. The summed E-state index contributed by atoms with van der Waals surface area (Å²) >= 11 is 0. The number of nitrogens with zero attached hydrogens (tertiary/aromatic N) is 2. The van der Waals surface area contributed by atoms with Crippen molar-refractivity contribution in [3.63, 3.8) is 0 Å². The molecule has 1 fully saturated rings. The van der Waals surface area contributed by atoms with Gasteiger partial charge in [0.05, 0.1) is 11.8 Å². The van der Waals surface area contributed by atoms with Gasteiger partial charge in [-0.05, 0) is 18.1 Å². The van der Waals surface area contributed by atoms with Crippen LogP contribution >= 0.6 is 0 Å². The summed E-state index contributed by atoms with van der Waals surface area (Å²) in [5.41, 5.74) is 1.47. The van der Waals surface area contributed by atoms with Crippen LogP contribution in [0.15, 0.2) is 65.7 Å². The minimum Gasteiger partial charge on any atom is -0.349 e. The number of benzene rings is 1. The second-order valence-corrected chi connectivity index (χ2v) is 5.90. The molecule has 0 saturated heterocycles. The van der Waals surface area contributed by atoms with Gasteiger partial charge < -0.3 is 5.32 Å². The molecule has 2 N–H and O–H groups in total. The number of hydrogen-bond donors (Lipinski definition) is 2. The van der Waals surface area contributed by atoms with E-state index in [1.807, 2.05) is 18.2 Å². The van der Waals surface area contributed by atoms with Crippen LogP contribution in [0.25, 0.3) is 5.82 Å². The van der Waals surface area contributed by atoms with E-state index in [1.165, 1.54) is 22.4 Å². The van der Waals surface area contributed by atoms with Crippen LogP contribution in [0, 0.1) is 0 Å². The highest BCUT2D eigenvalue weighted by Crippen LogP contribution is 2.40. The van der Waals surface area contributed by atoms with E-state index in [0.29, 0.717) is 17.3 Å². The van der Waals surface area contributed by atoms with Crippen LogP contribution in [-0.4, -0.2) is 26.7 Å². The van der Waals surface area contributed by atoms with Gasteiger partial charge in [0.25, 0.3) is 11.5 Å². The number of aromatic amines is 1. The van der Waals surface area contributed by atoms with Crippen LogP contribution in [0.3, 0.4) is 0 Å². The Balaban J connectivity index is 1.50. The molecule has 1 aliphatic carbocycles. The Bertz CT molecular complexity index is 916. The Morgan fingerprint density at radius 3 is 2.75 bits per heavy atom. The normalized spacial score (nSPS) is 19.0. The Morgan fingerprint density at radius 2 is 2.00 bits per heavy atom. The maximum Gasteiger partial charge on any atom is 0.256 e. The van der Waals surface area contributed by atoms with Crippen molar-refractivity contribution in [3.05, 3.63) is 82.4 Å². The molecular formula is C18H16N4O2. The van der Waals surface area contributed by atoms with E-state index in [1.54, 1.807) is 18.3 Å². The number of H-pyrrole nitrogens is 1. The minimum atomic E-state index is -0.218. The maximum atomic E-state index is 12.5. The van der Waals surface area contributed by atoms with E-state index < -0.39 is 0 Å². The van der Waals surface area contributed by atoms with E-state index >= 15 is 0 Å². The van der Waals surface area contributed by atoms with Gasteiger partial charge in [0, 0.05) is 30.3 Å². The number of hydrogen-bond acceptors (Lipinski definition) is 3. The van der Waals surface area contributed by atoms with Crippen molar-refractivity contribution in [2.24, 2.45) is 0 Å². The van der Waals surface area contributed by atoms with Gasteiger partial charge >= 0.3 is 0 Å². The fourth-order valence-corrected chi connectivity index (χ4v) is 2.87. The van der Waals surface area contributed by atoms with Gasteiger partial charge in [-0.25, -0.2) is 0 Å². The molecule has 2 heterocycles. The number of amides is 1. The second-order valence-electron chi connectivity index (χ2n) is 5.90. The van der Waals surface area contributed by atoms with Gasteiger partial charge in [-0.1, -0.05) is 30.3 Å². The lowest BCUT2D eigenvalue weighted by Crippen LogP contribution is -2.28. The fraction of sp³-hybridized carbons (Fsp3) is 0.167. The van der Waals surface area contributed by atoms with E-state index in [9.17, 15) is 9.59 Å². The summed E-state index contributed by atoms with van der Waals surface area (Å²) in [6, 6.07) is 14.9. The Labute approximate surface area is 138 Å². The van der Waals surface area contributed by atoms with Crippen molar-refractivity contribution in [2.45, 2.75) is 18.4 Å². The summed E-state index contributed by atoms with van der Waals surface area (Å²) in [6.07, 6.45) is 4.03. The first-order valence-corrected chi connectivity index (χ1v) is 7.80. The highest BCUT2D eigenvalue weighted by atomic mass is 16.2. The lowest BCUT2D eigenvalue weighted by atomic mass is 10.1. The summed E-state index contributed by atoms with van der Waals surface area (Å²) < 4.78 is 1.38. The number of nitrogens with one attached hydrogen (secondary N) is 2. The van der Waals surface area contributed by atoms with Crippen LogP contribution < -0.4 is 10.9 Å². The third-order valence-corrected chi connectivity index (χ3v) is 4.25. The molecule has 6 nitrogen and oxygen atoms in total. The van der Waals surface area contributed by atoms with Crippen molar-refractivity contribution >= 4 is 5.91 Å². The van der Waals surface area contributed by atoms with Crippen LogP contribution in [0.4, 0.5) is 0 Å². The highest BCUT2D eigenvalue weighted by Gasteiger charge is 2.39. The van der Waals surface area contributed by atoms with Gasteiger partial charge in [0.15, 0.2) is 0 Å². The Hall–Kier alpha value is -3.15. The van der Waals surface area contributed by atoms with Crippen LogP contribution in [-0.2, 0) is 0 Å². The molecule has 1 aliphatic rings. The summed E-state index contributed by atoms with van der Waals surface area (Å²) in [7, 11) is 0. The van der Waals surface area contributed by atoms with Crippen LogP contribution in [0.5, 0.6) is 0 Å². The summed E-state index contributed by atoms with van der Waals surface area (Å²) in [5, 5.41) is 9.58. The molecule has 3 aromatic rings. The zero-order valence-electron chi connectivity index (χ0n) is 12.8. The SMILES string of the molecule is O=C(N[C@@H]1C[C@H]1c1ccccc1)c1ccc(=O)n(-c2ccn[nH]2)c1. The molecular weight excluding hydrogens is 304 g/mol. The van der Waals surface area contributed by atoms with Crippen molar-refractivity contribution in [3.8, 4) is 5.82 Å². The quantitative estimate of drug-likeness (QED) is 0.770. The molecule has 2 atom stereocenters. The van der Waals surface area contributed by atoms with Crippen LogP contribution in [0.2, 0.25) is 0 Å². The number of pyridine rings is 1. The van der Waals surface area contributed by atoms with Gasteiger partial charge in [-0.2, -0.15) is 5.10 Å². The standard InChI is InChI=1S/C18H16N4O2/c23-17-7-6-13(11-22(17)16-8-9-19-21-16)18(24)20-15-10-14(15)12-4-2-1-3-5-12/h1-9,11,14-15H,10H2,(H,19,21)(H,20,24)/t14-,15+/m0/s1. The molecule has 6 heteroatoms. The zero-order valence-corrected chi connectivity index (χ0v) is 12.8. The van der Waals surface area contributed by atoms with Gasteiger partial charge in [0.2, 0.25) is 0 Å². The van der Waals surface area contributed by atoms with Crippen molar-refractivity contribution < 1.29 is 4.79 Å². The lowest BCUT2D eigenvalue weighted by Gasteiger charge is -2.07. The van der Waals surface area contributed by atoms with Crippen molar-refractivity contribution in [1.82, 2.24) is 20.1 Å². The molecule has 24 heavy (non-hydrogen) atoms. The first-order valence-electron chi connectivity index (χ1n) is 7.80. The lowest BCUT2D eigenvalue weighted by molar-refractivity contribution is 0.0949. The molecule has 2 aromatic heterocycles. The van der Waals surface area contributed by atoms with Gasteiger partial charge in [0.1, 0.15) is 5.82 Å². The summed E-state index contributed by atoms with van der Waals surface area (Å²) in [5.74, 6) is 0.726. The molecule has 0 spiro atoms. The number of carbonyl (C=O) groups is 1. The third-order valence-electron chi connectivity index (χ3n) is 4.25. The van der Waals surface area contributed by atoms with Crippen LogP contribution in [0.1, 0.15) is 28.3 Å². The molecule has 1 saturated carbocycles.